The number of fused-ring (bicyclic) bond motifs is 2. The first-order chi connectivity index (χ1) is 25.3. The summed E-state index contributed by atoms with van der Waals surface area (Å²) in [6, 6.07) is 76.7. The molecular formula is C50H35N. The van der Waals surface area contributed by atoms with Crippen molar-refractivity contribution >= 4 is 38.6 Å². The number of hydrogen-bond acceptors (Lipinski definition) is 1. The molecule has 0 saturated carbocycles. The zero-order valence-corrected chi connectivity index (χ0v) is 28.2. The predicted octanol–water partition coefficient (Wildman–Crippen LogP) is 14.1. The first-order valence-corrected chi connectivity index (χ1v) is 17.5. The van der Waals surface area contributed by atoms with Crippen LogP contribution in [0.25, 0.3) is 66.1 Å². The molecular weight excluding hydrogens is 615 g/mol. The van der Waals surface area contributed by atoms with E-state index in [2.05, 4.69) is 217 Å². The average Bonchev–Trinajstić information content (AvgIpc) is 3.22. The molecule has 0 atom stereocenters. The highest BCUT2D eigenvalue weighted by Gasteiger charge is 2.17. The van der Waals surface area contributed by atoms with Crippen LogP contribution in [0, 0.1) is 0 Å². The van der Waals surface area contributed by atoms with E-state index in [1.165, 1.54) is 66.1 Å². The first kappa shape index (κ1) is 30.4. The average molecular weight is 650 g/mol. The van der Waals surface area contributed by atoms with Gasteiger partial charge in [0.25, 0.3) is 0 Å². The molecule has 0 heterocycles. The summed E-state index contributed by atoms with van der Waals surface area (Å²) in [4.78, 5) is 2.39. The monoisotopic (exact) mass is 649 g/mol. The van der Waals surface area contributed by atoms with Crippen LogP contribution in [0.1, 0.15) is 0 Å². The Labute approximate surface area is 299 Å². The molecule has 1 heteroatoms. The lowest BCUT2D eigenvalue weighted by Crippen LogP contribution is -2.10. The van der Waals surface area contributed by atoms with E-state index in [0.717, 1.165) is 17.1 Å². The fourth-order valence-corrected chi connectivity index (χ4v) is 7.32. The molecule has 0 fully saturated rings. The molecule has 9 aromatic carbocycles. The molecule has 0 radical (unpaired) electrons. The summed E-state index contributed by atoms with van der Waals surface area (Å²) in [6.07, 6.45) is 0. The van der Waals surface area contributed by atoms with E-state index in [1.54, 1.807) is 0 Å². The van der Waals surface area contributed by atoms with Gasteiger partial charge in [-0.3, -0.25) is 0 Å². The molecule has 0 aliphatic rings. The van der Waals surface area contributed by atoms with Gasteiger partial charge in [-0.1, -0.05) is 170 Å². The van der Waals surface area contributed by atoms with Gasteiger partial charge in [-0.2, -0.15) is 0 Å². The Morgan fingerprint density at radius 3 is 1.08 bits per heavy atom. The molecule has 0 amide bonds. The number of nitrogens with zero attached hydrogens (tertiary/aromatic N) is 1. The molecule has 1 nitrogen and oxygen atoms in total. The third kappa shape index (κ3) is 5.96. The van der Waals surface area contributed by atoms with Crippen molar-refractivity contribution in [3.05, 3.63) is 212 Å². The van der Waals surface area contributed by atoms with Crippen molar-refractivity contribution in [2.45, 2.75) is 0 Å². The predicted molar refractivity (Wildman–Crippen MR) is 218 cm³/mol. The van der Waals surface area contributed by atoms with Crippen LogP contribution in [0.3, 0.4) is 0 Å². The fraction of sp³-hybridized carbons (Fsp3) is 0. The number of benzene rings is 9. The second kappa shape index (κ2) is 13.3. The van der Waals surface area contributed by atoms with Crippen molar-refractivity contribution in [1.82, 2.24) is 0 Å². The molecule has 9 aromatic rings. The lowest BCUT2D eigenvalue weighted by atomic mass is 9.96. The van der Waals surface area contributed by atoms with Crippen molar-refractivity contribution in [2.75, 3.05) is 4.90 Å². The van der Waals surface area contributed by atoms with Crippen molar-refractivity contribution in [3.8, 4) is 44.5 Å². The Hall–Kier alpha value is -6.70. The van der Waals surface area contributed by atoms with Gasteiger partial charge in [-0.15, -0.1) is 0 Å². The summed E-state index contributed by atoms with van der Waals surface area (Å²) < 4.78 is 0. The molecule has 0 spiro atoms. The molecule has 51 heavy (non-hydrogen) atoms. The van der Waals surface area contributed by atoms with Gasteiger partial charge in [0.05, 0.1) is 0 Å². The van der Waals surface area contributed by atoms with Crippen LogP contribution in [-0.4, -0.2) is 0 Å². The molecule has 9 rings (SSSR count). The third-order valence-corrected chi connectivity index (χ3v) is 9.84. The van der Waals surface area contributed by atoms with Gasteiger partial charge in [-0.05, 0) is 109 Å². The fourth-order valence-electron chi connectivity index (χ4n) is 7.32. The topological polar surface area (TPSA) is 3.24 Å². The Balaban J connectivity index is 1.20. The van der Waals surface area contributed by atoms with Crippen molar-refractivity contribution in [2.24, 2.45) is 0 Å². The van der Waals surface area contributed by atoms with E-state index < -0.39 is 0 Å². The highest BCUT2D eigenvalue weighted by molar-refractivity contribution is 5.98. The number of anilines is 3. The van der Waals surface area contributed by atoms with Gasteiger partial charge in [0, 0.05) is 17.1 Å². The quantitative estimate of drug-likeness (QED) is 0.166. The van der Waals surface area contributed by atoms with Crippen LogP contribution in [-0.2, 0) is 0 Å². The zero-order chi connectivity index (χ0) is 34.0. The van der Waals surface area contributed by atoms with Crippen molar-refractivity contribution in [1.29, 1.82) is 0 Å². The van der Waals surface area contributed by atoms with E-state index in [4.69, 9.17) is 0 Å². The molecule has 0 N–H and O–H groups in total. The van der Waals surface area contributed by atoms with Crippen molar-refractivity contribution in [3.63, 3.8) is 0 Å². The second-order valence-electron chi connectivity index (χ2n) is 13.0. The van der Waals surface area contributed by atoms with Gasteiger partial charge in [0.1, 0.15) is 0 Å². The molecule has 0 bridgehead atoms. The SMILES string of the molecule is c1ccc(-c2cc(-c3ccccc3)cc(N(c3ccc(-c4cccc5ccccc45)cc3)c3ccc(-c4cccc5ccccc45)cc3)c2)cc1. The third-order valence-electron chi connectivity index (χ3n) is 9.84. The maximum atomic E-state index is 2.39. The van der Waals surface area contributed by atoms with Gasteiger partial charge >= 0.3 is 0 Å². The molecule has 0 aromatic heterocycles. The number of rotatable bonds is 7. The summed E-state index contributed by atoms with van der Waals surface area (Å²) in [5.41, 5.74) is 12.9. The van der Waals surface area contributed by atoms with Crippen LogP contribution in [0.5, 0.6) is 0 Å². The highest BCUT2D eigenvalue weighted by Crippen LogP contribution is 2.41. The molecule has 240 valence electrons. The maximum Gasteiger partial charge on any atom is 0.0473 e. The van der Waals surface area contributed by atoms with Crippen LogP contribution >= 0.6 is 0 Å². The van der Waals surface area contributed by atoms with E-state index in [9.17, 15) is 0 Å². The minimum absolute atomic E-state index is 1.10. The van der Waals surface area contributed by atoms with E-state index in [1.807, 2.05) is 0 Å². The highest BCUT2D eigenvalue weighted by atomic mass is 15.1. The normalized spacial score (nSPS) is 11.1. The maximum absolute atomic E-state index is 2.39. The Morgan fingerprint density at radius 1 is 0.235 bits per heavy atom. The zero-order valence-electron chi connectivity index (χ0n) is 28.2. The molecule has 0 aliphatic carbocycles. The summed E-state index contributed by atoms with van der Waals surface area (Å²) in [5.74, 6) is 0. The Kier molecular flexibility index (Phi) is 7.92. The largest absolute Gasteiger partial charge is 0.310 e. The van der Waals surface area contributed by atoms with E-state index in [-0.39, 0.29) is 0 Å². The van der Waals surface area contributed by atoms with E-state index >= 15 is 0 Å². The molecule has 0 aliphatic heterocycles. The van der Waals surface area contributed by atoms with Crippen LogP contribution < -0.4 is 4.90 Å². The standard InChI is InChI=1S/C50H35N/c1-3-13-36(14-4-1)42-33-43(37-15-5-2-6-16-37)35-46(34-42)51(44-29-25-40(26-30-44)49-23-11-19-38-17-7-9-21-47(38)49)45-31-27-41(28-32-45)50-24-12-20-39-18-8-10-22-48(39)50/h1-35H. The van der Waals surface area contributed by atoms with Gasteiger partial charge in [-0.25, -0.2) is 0 Å². The minimum Gasteiger partial charge on any atom is -0.310 e. The van der Waals surface area contributed by atoms with Crippen LogP contribution in [0.15, 0.2) is 212 Å². The van der Waals surface area contributed by atoms with Gasteiger partial charge in [0.15, 0.2) is 0 Å². The summed E-state index contributed by atoms with van der Waals surface area (Å²) in [7, 11) is 0. The number of hydrogen-bond donors (Lipinski definition) is 0. The Morgan fingerprint density at radius 2 is 0.627 bits per heavy atom. The molecule has 0 saturated heterocycles. The lowest BCUT2D eigenvalue weighted by Gasteiger charge is -2.27. The second-order valence-corrected chi connectivity index (χ2v) is 13.0. The summed E-state index contributed by atoms with van der Waals surface area (Å²) in [6.45, 7) is 0. The van der Waals surface area contributed by atoms with Crippen LogP contribution in [0.2, 0.25) is 0 Å². The summed E-state index contributed by atoms with van der Waals surface area (Å²) in [5, 5.41) is 5.02. The van der Waals surface area contributed by atoms with Gasteiger partial charge < -0.3 is 4.90 Å². The van der Waals surface area contributed by atoms with Crippen molar-refractivity contribution < 1.29 is 0 Å². The summed E-state index contributed by atoms with van der Waals surface area (Å²) >= 11 is 0. The molecule has 0 unspecified atom stereocenters. The first-order valence-electron chi connectivity index (χ1n) is 17.5. The Bertz CT molecular complexity index is 2410. The smallest absolute Gasteiger partial charge is 0.0473 e. The minimum atomic E-state index is 1.10. The van der Waals surface area contributed by atoms with E-state index in [0.29, 0.717) is 0 Å². The van der Waals surface area contributed by atoms with Gasteiger partial charge in [0.2, 0.25) is 0 Å². The van der Waals surface area contributed by atoms with Crippen LogP contribution in [0.4, 0.5) is 17.1 Å². The lowest BCUT2D eigenvalue weighted by molar-refractivity contribution is 1.28.